The van der Waals surface area contributed by atoms with Crippen LogP contribution >= 0.6 is 11.6 Å². The molecule has 0 unspecified atom stereocenters. The van der Waals surface area contributed by atoms with Gasteiger partial charge in [-0.3, -0.25) is 4.79 Å². The number of rotatable bonds is 3. The van der Waals surface area contributed by atoms with E-state index in [4.69, 9.17) is 16.3 Å². The van der Waals surface area contributed by atoms with E-state index in [1.54, 1.807) is 0 Å². The Kier molecular flexibility index (Phi) is 2.25. The first-order valence-electron chi connectivity index (χ1n) is 5.68. The average molecular weight is 253 g/mol. The molecule has 0 radical (unpaired) electrons. The zero-order valence-electron chi connectivity index (χ0n) is 9.28. The Labute approximate surface area is 104 Å². The predicted octanol–water partition coefficient (Wildman–Crippen LogP) is 2.47. The fraction of sp³-hybridized carbons (Fsp3) is 0.462. The van der Waals surface area contributed by atoms with Gasteiger partial charge >= 0.3 is 5.97 Å². The van der Waals surface area contributed by atoms with Crippen molar-refractivity contribution in [2.45, 2.75) is 18.3 Å². The van der Waals surface area contributed by atoms with Gasteiger partial charge in [-0.1, -0.05) is 23.7 Å². The molecule has 1 aliphatic heterocycles. The minimum absolute atomic E-state index is 0.344. The summed E-state index contributed by atoms with van der Waals surface area (Å²) in [7, 11) is 0. The van der Waals surface area contributed by atoms with Gasteiger partial charge in [-0.25, -0.2) is 0 Å². The third-order valence-electron chi connectivity index (χ3n) is 4.17. The van der Waals surface area contributed by atoms with Crippen LogP contribution in [0.4, 0.5) is 0 Å². The van der Waals surface area contributed by atoms with Crippen molar-refractivity contribution in [3.8, 4) is 0 Å². The highest BCUT2D eigenvalue weighted by Crippen LogP contribution is 2.62. The van der Waals surface area contributed by atoms with Crippen molar-refractivity contribution in [3.05, 3.63) is 34.9 Å². The average Bonchev–Trinajstić information content (AvgIpc) is 3.01. The Morgan fingerprint density at radius 2 is 1.82 bits per heavy atom. The molecule has 4 heteroatoms. The first-order valence-corrected chi connectivity index (χ1v) is 6.06. The summed E-state index contributed by atoms with van der Waals surface area (Å²) in [5.41, 5.74) is 0.0794. The molecule has 3 nitrogen and oxygen atoms in total. The number of carbonyl (C=O) groups is 1. The molecular weight excluding hydrogens is 240 g/mol. The van der Waals surface area contributed by atoms with Gasteiger partial charge < -0.3 is 9.84 Å². The van der Waals surface area contributed by atoms with Gasteiger partial charge in [-0.2, -0.15) is 0 Å². The van der Waals surface area contributed by atoms with Gasteiger partial charge in [-0.15, -0.1) is 0 Å². The van der Waals surface area contributed by atoms with E-state index in [0.29, 0.717) is 18.2 Å². The Morgan fingerprint density at radius 1 is 1.24 bits per heavy atom. The monoisotopic (exact) mass is 252 g/mol. The lowest BCUT2D eigenvalue weighted by molar-refractivity contribution is -0.161. The van der Waals surface area contributed by atoms with Crippen LogP contribution in [0.1, 0.15) is 18.4 Å². The van der Waals surface area contributed by atoms with E-state index in [9.17, 15) is 9.90 Å². The highest BCUT2D eigenvalue weighted by molar-refractivity contribution is 6.30. The Hall–Kier alpha value is -1.06. The van der Waals surface area contributed by atoms with Crippen LogP contribution in [0.5, 0.6) is 0 Å². The van der Waals surface area contributed by atoms with Gasteiger partial charge in [-0.05, 0) is 30.5 Å². The molecule has 0 aromatic heterocycles. The number of carboxylic acid groups (broad SMARTS) is 1. The van der Waals surface area contributed by atoms with Gasteiger partial charge in [0, 0.05) is 5.02 Å². The molecule has 3 rings (SSSR count). The van der Waals surface area contributed by atoms with E-state index in [-0.39, 0.29) is 5.41 Å². The van der Waals surface area contributed by atoms with Crippen LogP contribution in [-0.2, 0) is 14.9 Å². The summed E-state index contributed by atoms with van der Waals surface area (Å²) in [6.07, 6.45) is 1.49. The molecule has 0 amide bonds. The highest BCUT2D eigenvalue weighted by atomic mass is 35.5. The van der Waals surface area contributed by atoms with Crippen molar-refractivity contribution >= 4 is 17.6 Å². The molecule has 1 aliphatic carbocycles. The molecule has 2 aliphatic rings. The molecule has 2 fully saturated rings. The van der Waals surface area contributed by atoms with E-state index in [0.717, 1.165) is 18.4 Å². The lowest BCUT2D eigenvalue weighted by Crippen LogP contribution is -2.56. The first kappa shape index (κ1) is 11.1. The number of hydrogen-bond acceptors (Lipinski definition) is 2. The van der Waals surface area contributed by atoms with Crippen LogP contribution in [-0.4, -0.2) is 24.3 Å². The summed E-state index contributed by atoms with van der Waals surface area (Å²) in [4.78, 5) is 11.5. The molecule has 1 saturated heterocycles. The third-order valence-corrected chi connectivity index (χ3v) is 4.42. The van der Waals surface area contributed by atoms with Crippen LogP contribution in [0.25, 0.3) is 0 Å². The predicted molar refractivity (Wildman–Crippen MR) is 63.3 cm³/mol. The van der Waals surface area contributed by atoms with Crippen LogP contribution in [0.15, 0.2) is 24.3 Å². The Bertz CT molecular complexity index is 458. The molecule has 17 heavy (non-hydrogen) atoms. The Morgan fingerprint density at radius 3 is 2.18 bits per heavy atom. The smallest absolute Gasteiger partial charge is 0.310 e. The van der Waals surface area contributed by atoms with E-state index in [1.165, 1.54) is 0 Å². The number of ether oxygens (including phenoxy) is 1. The zero-order chi connectivity index (χ0) is 12.1. The molecule has 0 spiro atoms. The van der Waals surface area contributed by atoms with Crippen molar-refractivity contribution in [2.24, 2.45) is 5.41 Å². The van der Waals surface area contributed by atoms with E-state index < -0.39 is 11.4 Å². The van der Waals surface area contributed by atoms with Crippen LogP contribution in [0.2, 0.25) is 5.02 Å². The topological polar surface area (TPSA) is 46.5 Å². The van der Waals surface area contributed by atoms with Crippen molar-refractivity contribution < 1.29 is 14.6 Å². The van der Waals surface area contributed by atoms with E-state index in [2.05, 4.69) is 0 Å². The summed E-state index contributed by atoms with van der Waals surface area (Å²) in [6, 6.07) is 7.48. The molecule has 90 valence electrons. The standard InChI is InChI=1S/C13H13ClO3/c14-10-3-1-9(2-4-10)13(7-17-8-13)12(5-6-12)11(15)16/h1-4H,5-8H2,(H,15,16). The number of hydrogen-bond donors (Lipinski definition) is 1. The van der Waals surface area contributed by atoms with Crippen molar-refractivity contribution in [1.29, 1.82) is 0 Å². The van der Waals surface area contributed by atoms with Gasteiger partial charge in [0.1, 0.15) is 0 Å². The summed E-state index contributed by atoms with van der Waals surface area (Å²) in [6.45, 7) is 1.00. The SMILES string of the molecule is O=C(O)C1(C2(c3ccc(Cl)cc3)COC2)CC1. The number of benzene rings is 1. The van der Waals surface area contributed by atoms with Gasteiger partial charge in [0.25, 0.3) is 0 Å². The second-order valence-corrected chi connectivity index (χ2v) is 5.41. The zero-order valence-corrected chi connectivity index (χ0v) is 10.0. The van der Waals surface area contributed by atoms with Gasteiger partial charge in [0.05, 0.1) is 24.0 Å². The second-order valence-electron chi connectivity index (χ2n) is 4.97. The number of halogens is 1. The molecule has 0 bridgehead atoms. The van der Waals surface area contributed by atoms with Gasteiger partial charge in [0.2, 0.25) is 0 Å². The fourth-order valence-corrected chi connectivity index (χ4v) is 2.94. The molecule has 0 atom stereocenters. The van der Waals surface area contributed by atoms with Crippen LogP contribution in [0.3, 0.4) is 0 Å². The first-order chi connectivity index (χ1) is 8.11. The maximum absolute atomic E-state index is 11.5. The molecule has 1 aromatic carbocycles. The van der Waals surface area contributed by atoms with Crippen molar-refractivity contribution in [3.63, 3.8) is 0 Å². The minimum Gasteiger partial charge on any atom is -0.481 e. The molecule has 1 aromatic rings. The summed E-state index contributed by atoms with van der Waals surface area (Å²) in [5.74, 6) is -0.698. The lowest BCUT2D eigenvalue weighted by Gasteiger charge is -2.46. The number of carboxylic acids is 1. The Balaban J connectivity index is 2.03. The third kappa shape index (κ3) is 1.36. The molecule has 1 N–H and O–H groups in total. The normalized spacial score (nSPS) is 23.8. The van der Waals surface area contributed by atoms with Crippen LogP contribution < -0.4 is 0 Å². The summed E-state index contributed by atoms with van der Waals surface area (Å²) in [5, 5.41) is 10.1. The quantitative estimate of drug-likeness (QED) is 0.899. The molecule has 1 saturated carbocycles. The number of aliphatic carboxylic acids is 1. The van der Waals surface area contributed by atoms with Crippen molar-refractivity contribution in [1.82, 2.24) is 0 Å². The fourth-order valence-electron chi connectivity index (χ4n) is 2.82. The largest absolute Gasteiger partial charge is 0.481 e. The van der Waals surface area contributed by atoms with Crippen molar-refractivity contribution in [2.75, 3.05) is 13.2 Å². The maximum atomic E-state index is 11.5. The lowest BCUT2D eigenvalue weighted by atomic mass is 9.66. The highest BCUT2D eigenvalue weighted by Gasteiger charge is 2.68. The van der Waals surface area contributed by atoms with E-state index in [1.807, 2.05) is 24.3 Å². The molecular formula is C13H13ClO3. The second kappa shape index (κ2) is 3.47. The van der Waals surface area contributed by atoms with E-state index >= 15 is 0 Å². The summed E-state index contributed by atoms with van der Waals surface area (Å²) < 4.78 is 5.30. The maximum Gasteiger partial charge on any atom is 0.310 e. The van der Waals surface area contributed by atoms with Gasteiger partial charge in [0.15, 0.2) is 0 Å². The molecule has 1 heterocycles. The van der Waals surface area contributed by atoms with Crippen LogP contribution in [0, 0.1) is 5.41 Å². The summed E-state index contributed by atoms with van der Waals surface area (Å²) >= 11 is 5.87. The minimum atomic E-state index is -0.698.